The van der Waals surface area contributed by atoms with Gasteiger partial charge in [-0.15, -0.1) is 0 Å². The molecule has 0 spiro atoms. The Kier molecular flexibility index (Phi) is 6.08. The van der Waals surface area contributed by atoms with Gasteiger partial charge in [0.15, 0.2) is 5.96 Å². The fraction of sp³-hybridized carbons (Fsp3) is 0.308. The summed E-state index contributed by atoms with van der Waals surface area (Å²) in [5.74, 6) is -1.06. The molecule has 1 aromatic carbocycles. The standard InChI is InChI=1S/C13H18N4O2/c14-13(15)16-8-4-7-11(12(18)19)17-9-10-5-2-1-3-6-10/h1-3,5-6,9,11H,4,7-8H2,(H,18,19)(H4,14,15,16)/b17-9-. The van der Waals surface area contributed by atoms with Crippen molar-refractivity contribution in [2.24, 2.45) is 10.7 Å². The number of hydrogen-bond acceptors (Lipinski definition) is 3. The molecule has 0 aliphatic rings. The van der Waals surface area contributed by atoms with Crippen LogP contribution in [0.15, 0.2) is 35.3 Å². The fourth-order valence-electron chi connectivity index (χ4n) is 1.50. The van der Waals surface area contributed by atoms with Gasteiger partial charge in [-0.25, -0.2) is 4.79 Å². The van der Waals surface area contributed by atoms with E-state index in [9.17, 15) is 4.79 Å². The molecule has 0 aliphatic carbocycles. The highest BCUT2D eigenvalue weighted by Gasteiger charge is 2.14. The van der Waals surface area contributed by atoms with Gasteiger partial charge >= 0.3 is 5.97 Å². The molecule has 6 nitrogen and oxygen atoms in total. The molecule has 1 atom stereocenters. The zero-order valence-electron chi connectivity index (χ0n) is 10.5. The summed E-state index contributed by atoms with van der Waals surface area (Å²) in [4.78, 5) is 15.1. The molecule has 0 bridgehead atoms. The van der Waals surface area contributed by atoms with Gasteiger partial charge in [-0.1, -0.05) is 30.3 Å². The summed E-state index contributed by atoms with van der Waals surface area (Å²) in [6, 6.07) is 8.58. The highest BCUT2D eigenvalue weighted by molar-refractivity contribution is 5.83. The molecule has 0 amide bonds. The predicted molar refractivity (Wildman–Crippen MR) is 74.6 cm³/mol. The van der Waals surface area contributed by atoms with Crippen molar-refractivity contribution in [3.05, 3.63) is 35.9 Å². The molecule has 6 heteroatoms. The van der Waals surface area contributed by atoms with Crippen LogP contribution < -0.4 is 11.1 Å². The molecule has 19 heavy (non-hydrogen) atoms. The third-order valence-electron chi connectivity index (χ3n) is 2.46. The number of nitrogens with one attached hydrogen (secondary N) is 2. The summed E-state index contributed by atoms with van der Waals surface area (Å²) in [7, 11) is 0. The Balaban J connectivity index is 2.47. The number of aliphatic imine (C=N–C) groups is 1. The van der Waals surface area contributed by atoms with E-state index in [2.05, 4.69) is 10.3 Å². The third kappa shape index (κ3) is 6.21. The molecular formula is C13H18N4O2. The molecule has 1 rings (SSSR count). The molecule has 0 radical (unpaired) electrons. The minimum atomic E-state index is -0.949. The number of carboxylic acid groups (broad SMARTS) is 1. The number of carboxylic acids is 1. The van der Waals surface area contributed by atoms with Gasteiger partial charge in [0.2, 0.25) is 0 Å². The lowest BCUT2D eigenvalue weighted by Gasteiger charge is -2.08. The topological polar surface area (TPSA) is 112 Å². The lowest BCUT2D eigenvalue weighted by Crippen LogP contribution is -2.31. The first-order chi connectivity index (χ1) is 9.09. The van der Waals surface area contributed by atoms with Crippen molar-refractivity contribution in [1.82, 2.24) is 5.32 Å². The van der Waals surface area contributed by atoms with Crippen LogP contribution in [0.2, 0.25) is 0 Å². The van der Waals surface area contributed by atoms with Gasteiger partial charge in [0.05, 0.1) is 0 Å². The smallest absolute Gasteiger partial charge is 0.328 e. The number of benzene rings is 1. The van der Waals surface area contributed by atoms with Gasteiger partial charge in [-0.05, 0) is 18.4 Å². The van der Waals surface area contributed by atoms with Crippen LogP contribution in [0.3, 0.4) is 0 Å². The van der Waals surface area contributed by atoms with Crippen molar-refractivity contribution >= 4 is 18.1 Å². The number of nitrogens with zero attached hydrogens (tertiary/aromatic N) is 1. The van der Waals surface area contributed by atoms with Gasteiger partial charge < -0.3 is 16.2 Å². The maximum atomic E-state index is 11.0. The Labute approximate surface area is 111 Å². The third-order valence-corrected chi connectivity index (χ3v) is 2.46. The monoisotopic (exact) mass is 262 g/mol. The Morgan fingerprint density at radius 1 is 1.47 bits per heavy atom. The Hall–Kier alpha value is -2.37. The average molecular weight is 262 g/mol. The van der Waals surface area contributed by atoms with E-state index in [1.54, 1.807) is 6.21 Å². The second kappa shape index (κ2) is 7.86. The van der Waals surface area contributed by atoms with Crippen LogP contribution in [0.5, 0.6) is 0 Å². The van der Waals surface area contributed by atoms with E-state index in [0.717, 1.165) is 5.56 Å². The number of carbonyl (C=O) groups is 1. The Bertz CT molecular complexity index is 445. The van der Waals surface area contributed by atoms with E-state index in [0.29, 0.717) is 19.4 Å². The first kappa shape index (κ1) is 14.7. The quantitative estimate of drug-likeness (QED) is 0.331. The maximum absolute atomic E-state index is 11.0. The van der Waals surface area contributed by atoms with E-state index >= 15 is 0 Å². The van der Waals surface area contributed by atoms with Crippen molar-refractivity contribution in [3.8, 4) is 0 Å². The van der Waals surface area contributed by atoms with Crippen molar-refractivity contribution in [3.63, 3.8) is 0 Å². The van der Waals surface area contributed by atoms with Crippen molar-refractivity contribution in [1.29, 1.82) is 5.41 Å². The van der Waals surface area contributed by atoms with Crippen LogP contribution in [0.1, 0.15) is 18.4 Å². The Morgan fingerprint density at radius 3 is 2.74 bits per heavy atom. The van der Waals surface area contributed by atoms with Gasteiger partial charge in [0, 0.05) is 12.8 Å². The minimum Gasteiger partial charge on any atom is -0.480 e. The van der Waals surface area contributed by atoms with Gasteiger partial charge in [-0.2, -0.15) is 0 Å². The van der Waals surface area contributed by atoms with Crippen molar-refractivity contribution < 1.29 is 9.90 Å². The summed E-state index contributed by atoms with van der Waals surface area (Å²) in [5, 5.41) is 18.7. The normalized spacial score (nSPS) is 12.2. The predicted octanol–water partition coefficient (Wildman–Crippen LogP) is 0.822. The van der Waals surface area contributed by atoms with Crippen LogP contribution in [0.25, 0.3) is 0 Å². The molecule has 102 valence electrons. The molecular weight excluding hydrogens is 244 g/mol. The van der Waals surface area contributed by atoms with Crippen LogP contribution in [0, 0.1) is 5.41 Å². The van der Waals surface area contributed by atoms with E-state index < -0.39 is 12.0 Å². The summed E-state index contributed by atoms with van der Waals surface area (Å²) < 4.78 is 0. The zero-order valence-corrected chi connectivity index (χ0v) is 10.5. The van der Waals surface area contributed by atoms with E-state index in [4.69, 9.17) is 16.2 Å². The van der Waals surface area contributed by atoms with Crippen molar-refractivity contribution in [2.45, 2.75) is 18.9 Å². The fourth-order valence-corrected chi connectivity index (χ4v) is 1.50. The number of rotatable bonds is 7. The summed E-state index contributed by atoms with van der Waals surface area (Å²) in [6.45, 7) is 0.472. The van der Waals surface area contributed by atoms with Gasteiger partial charge in [0.1, 0.15) is 6.04 Å². The average Bonchev–Trinajstić information content (AvgIpc) is 2.38. The highest BCUT2D eigenvalue weighted by atomic mass is 16.4. The second-order valence-electron chi connectivity index (χ2n) is 4.03. The molecule has 1 unspecified atom stereocenters. The molecule has 0 heterocycles. The molecule has 0 saturated heterocycles. The minimum absolute atomic E-state index is 0.111. The number of aliphatic carboxylic acids is 1. The maximum Gasteiger partial charge on any atom is 0.328 e. The summed E-state index contributed by atoms with van der Waals surface area (Å²) >= 11 is 0. The zero-order chi connectivity index (χ0) is 14.1. The summed E-state index contributed by atoms with van der Waals surface area (Å²) in [5.41, 5.74) is 6.00. The largest absolute Gasteiger partial charge is 0.480 e. The molecule has 0 aliphatic heterocycles. The summed E-state index contributed by atoms with van der Waals surface area (Å²) in [6.07, 6.45) is 2.55. The first-order valence-electron chi connectivity index (χ1n) is 5.98. The first-order valence-corrected chi connectivity index (χ1v) is 5.98. The van der Waals surface area contributed by atoms with E-state index in [1.807, 2.05) is 30.3 Å². The number of nitrogens with two attached hydrogens (primary N) is 1. The van der Waals surface area contributed by atoms with Gasteiger partial charge in [-0.3, -0.25) is 10.4 Å². The van der Waals surface area contributed by atoms with Crippen LogP contribution in [0.4, 0.5) is 0 Å². The number of guanidine groups is 1. The van der Waals surface area contributed by atoms with E-state index in [-0.39, 0.29) is 5.96 Å². The van der Waals surface area contributed by atoms with Crippen LogP contribution >= 0.6 is 0 Å². The second-order valence-corrected chi connectivity index (χ2v) is 4.03. The highest BCUT2D eigenvalue weighted by Crippen LogP contribution is 2.03. The Morgan fingerprint density at radius 2 is 2.16 bits per heavy atom. The SMILES string of the molecule is N=C(N)NCCCC(/N=C\c1ccccc1)C(=O)O. The molecule has 0 saturated carbocycles. The molecule has 0 fully saturated rings. The lowest BCUT2D eigenvalue weighted by molar-refractivity contribution is -0.138. The van der Waals surface area contributed by atoms with Crippen LogP contribution in [-0.4, -0.2) is 35.8 Å². The molecule has 5 N–H and O–H groups in total. The van der Waals surface area contributed by atoms with Gasteiger partial charge in [0.25, 0.3) is 0 Å². The lowest BCUT2D eigenvalue weighted by atomic mass is 10.1. The number of hydrogen-bond donors (Lipinski definition) is 4. The molecule has 0 aromatic heterocycles. The van der Waals surface area contributed by atoms with E-state index in [1.165, 1.54) is 0 Å². The molecule has 1 aromatic rings. The van der Waals surface area contributed by atoms with Crippen molar-refractivity contribution in [2.75, 3.05) is 6.54 Å². The van der Waals surface area contributed by atoms with Crippen LogP contribution in [-0.2, 0) is 4.79 Å².